The minimum atomic E-state index is 0.373. The van der Waals surface area contributed by atoms with E-state index in [4.69, 9.17) is 4.74 Å². The number of methoxy groups -OCH3 is 1. The van der Waals surface area contributed by atoms with E-state index in [1.807, 2.05) is 0 Å². The van der Waals surface area contributed by atoms with Crippen LogP contribution in [0.5, 0.6) is 5.75 Å². The first-order valence-electron chi connectivity index (χ1n) is 7.58. The summed E-state index contributed by atoms with van der Waals surface area (Å²) in [5.74, 6) is 1.87. The van der Waals surface area contributed by atoms with E-state index in [1.165, 1.54) is 36.8 Å². The fourth-order valence-corrected chi connectivity index (χ4v) is 3.33. The molecule has 0 radical (unpaired) electrons. The third-order valence-electron chi connectivity index (χ3n) is 4.99. The van der Waals surface area contributed by atoms with E-state index in [2.05, 4.69) is 37.4 Å². The molecule has 19 heavy (non-hydrogen) atoms. The van der Waals surface area contributed by atoms with Crippen LogP contribution in [0.2, 0.25) is 0 Å². The van der Waals surface area contributed by atoms with Gasteiger partial charge in [-0.25, -0.2) is 0 Å². The van der Waals surface area contributed by atoms with Crippen LogP contribution in [0.1, 0.15) is 43.7 Å². The van der Waals surface area contributed by atoms with E-state index in [0.29, 0.717) is 5.41 Å². The van der Waals surface area contributed by atoms with Crippen molar-refractivity contribution >= 4 is 0 Å². The molecule has 2 nitrogen and oxygen atoms in total. The quantitative estimate of drug-likeness (QED) is 0.845. The lowest BCUT2D eigenvalue weighted by atomic mass is 9.91. The molecule has 1 aromatic carbocycles. The van der Waals surface area contributed by atoms with Gasteiger partial charge in [0, 0.05) is 18.0 Å². The number of aryl methyl sites for hydroxylation is 1. The van der Waals surface area contributed by atoms with Crippen LogP contribution >= 0.6 is 0 Å². The number of hydrogen-bond acceptors (Lipinski definition) is 2. The van der Waals surface area contributed by atoms with Crippen molar-refractivity contribution in [3.63, 3.8) is 0 Å². The van der Waals surface area contributed by atoms with E-state index in [-0.39, 0.29) is 0 Å². The zero-order valence-corrected chi connectivity index (χ0v) is 12.3. The third kappa shape index (κ3) is 2.38. The van der Waals surface area contributed by atoms with Crippen LogP contribution in [-0.2, 0) is 5.41 Å². The molecule has 0 spiro atoms. The molecule has 1 aromatic rings. The molecule has 0 saturated heterocycles. The van der Waals surface area contributed by atoms with Crippen LogP contribution in [0.25, 0.3) is 0 Å². The lowest BCUT2D eigenvalue weighted by Crippen LogP contribution is -2.30. The average molecular weight is 259 g/mol. The van der Waals surface area contributed by atoms with Crippen LogP contribution in [0.3, 0.4) is 0 Å². The van der Waals surface area contributed by atoms with Crippen molar-refractivity contribution in [3.05, 3.63) is 29.3 Å². The number of hydrogen-bond donors (Lipinski definition) is 1. The van der Waals surface area contributed by atoms with Gasteiger partial charge in [-0.2, -0.15) is 0 Å². The van der Waals surface area contributed by atoms with Crippen LogP contribution in [-0.4, -0.2) is 19.7 Å². The Morgan fingerprint density at radius 2 is 2.16 bits per heavy atom. The summed E-state index contributed by atoms with van der Waals surface area (Å²) in [5, 5.41) is 3.73. The van der Waals surface area contributed by atoms with Crippen LogP contribution < -0.4 is 10.1 Å². The number of ether oxygens (including phenoxy) is 1. The van der Waals surface area contributed by atoms with Gasteiger partial charge in [0.15, 0.2) is 0 Å². The Hall–Kier alpha value is -1.02. The van der Waals surface area contributed by atoms with E-state index in [0.717, 1.165) is 24.3 Å². The van der Waals surface area contributed by atoms with Crippen molar-refractivity contribution in [3.8, 4) is 5.75 Å². The SMILES string of the molecule is CCC1CC1(CNC1CC1)c1ccc(C)c(OC)c1. The minimum Gasteiger partial charge on any atom is -0.496 e. The van der Waals surface area contributed by atoms with Gasteiger partial charge < -0.3 is 10.1 Å². The smallest absolute Gasteiger partial charge is 0.122 e. The molecule has 104 valence electrons. The fraction of sp³-hybridized carbons (Fsp3) is 0.647. The molecule has 0 bridgehead atoms. The summed E-state index contributed by atoms with van der Waals surface area (Å²) in [5.41, 5.74) is 3.07. The molecule has 2 aliphatic carbocycles. The standard InChI is InChI=1S/C17H25NO/c1-4-13-10-17(13,11-18-15-7-8-15)14-6-5-12(2)16(9-14)19-3/h5-6,9,13,15,18H,4,7-8,10-11H2,1-3H3. The summed E-state index contributed by atoms with van der Waals surface area (Å²) in [6.45, 7) is 5.57. The molecule has 1 N–H and O–H groups in total. The van der Waals surface area contributed by atoms with Gasteiger partial charge in [-0.1, -0.05) is 25.5 Å². The van der Waals surface area contributed by atoms with Crippen molar-refractivity contribution in [1.29, 1.82) is 0 Å². The summed E-state index contributed by atoms with van der Waals surface area (Å²) >= 11 is 0. The monoisotopic (exact) mass is 259 g/mol. The van der Waals surface area contributed by atoms with Crippen LogP contribution in [0.15, 0.2) is 18.2 Å². The molecule has 2 aliphatic rings. The number of nitrogens with one attached hydrogen (secondary N) is 1. The largest absolute Gasteiger partial charge is 0.496 e. The molecule has 2 heteroatoms. The fourth-order valence-electron chi connectivity index (χ4n) is 3.33. The van der Waals surface area contributed by atoms with Gasteiger partial charge in [0.05, 0.1) is 7.11 Å². The van der Waals surface area contributed by atoms with Gasteiger partial charge in [0.25, 0.3) is 0 Å². The Morgan fingerprint density at radius 3 is 2.74 bits per heavy atom. The molecule has 2 unspecified atom stereocenters. The second-order valence-corrected chi connectivity index (χ2v) is 6.31. The third-order valence-corrected chi connectivity index (χ3v) is 4.99. The highest BCUT2D eigenvalue weighted by Crippen LogP contribution is 2.56. The van der Waals surface area contributed by atoms with Gasteiger partial charge in [-0.15, -0.1) is 0 Å². The highest BCUT2D eigenvalue weighted by molar-refractivity contribution is 5.43. The second kappa shape index (κ2) is 4.82. The van der Waals surface area contributed by atoms with Crippen molar-refractivity contribution in [2.45, 2.75) is 51.0 Å². The van der Waals surface area contributed by atoms with E-state index >= 15 is 0 Å². The maximum atomic E-state index is 5.49. The highest BCUT2D eigenvalue weighted by Gasteiger charge is 2.54. The van der Waals surface area contributed by atoms with Crippen molar-refractivity contribution in [2.75, 3.05) is 13.7 Å². The first-order valence-corrected chi connectivity index (χ1v) is 7.58. The summed E-state index contributed by atoms with van der Waals surface area (Å²) < 4.78 is 5.49. The second-order valence-electron chi connectivity index (χ2n) is 6.31. The van der Waals surface area contributed by atoms with Gasteiger partial charge in [-0.05, 0) is 49.3 Å². The lowest BCUT2D eigenvalue weighted by molar-refractivity contribution is 0.409. The highest BCUT2D eigenvalue weighted by atomic mass is 16.5. The first kappa shape index (κ1) is 13.0. The number of benzene rings is 1. The summed E-state index contributed by atoms with van der Waals surface area (Å²) in [6.07, 6.45) is 5.34. The van der Waals surface area contributed by atoms with Crippen molar-refractivity contribution in [2.24, 2.45) is 5.92 Å². The van der Waals surface area contributed by atoms with Crippen LogP contribution in [0.4, 0.5) is 0 Å². The molecular formula is C17H25NO. The molecular weight excluding hydrogens is 234 g/mol. The predicted octanol–water partition coefficient (Wildman–Crippen LogP) is 3.42. The Kier molecular flexibility index (Phi) is 3.30. The molecule has 2 fully saturated rings. The van der Waals surface area contributed by atoms with Crippen LogP contribution in [0, 0.1) is 12.8 Å². The zero-order valence-electron chi connectivity index (χ0n) is 12.3. The minimum absolute atomic E-state index is 0.373. The normalized spacial score (nSPS) is 29.3. The molecule has 0 amide bonds. The topological polar surface area (TPSA) is 21.3 Å². The number of rotatable bonds is 6. The first-order chi connectivity index (χ1) is 9.19. The summed E-state index contributed by atoms with van der Waals surface area (Å²) in [6, 6.07) is 7.57. The molecule has 2 saturated carbocycles. The summed E-state index contributed by atoms with van der Waals surface area (Å²) in [7, 11) is 1.77. The van der Waals surface area contributed by atoms with Crippen molar-refractivity contribution < 1.29 is 4.74 Å². The van der Waals surface area contributed by atoms with Gasteiger partial charge in [0.1, 0.15) is 5.75 Å². The average Bonchev–Trinajstić information content (AvgIpc) is 3.32. The molecule has 3 rings (SSSR count). The predicted molar refractivity (Wildman–Crippen MR) is 78.8 cm³/mol. The Balaban J connectivity index is 1.83. The zero-order chi connectivity index (χ0) is 13.5. The Bertz CT molecular complexity index is 466. The lowest BCUT2D eigenvalue weighted by Gasteiger charge is -2.20. The molecule has 0 heterocycles. The Labute approximate surface area is 116 Å². The van der Waals surface area contributed by atoms with Crippen molar-refractivity contribution in [1.82, 2.24) is 5.32 Å². The summed E-state index contributed by atoms with van der Waals surface area (Å²) in [4.78, 5) is 0. The molecule has 0 aliphatic heterocycles. The van der Waals surface area contributed by atoms with E-state index < -0.39 is 0 Å². The van der Waals surface area contributed by atoms with E-state index in [1.54, 1.807) is 7.11 Å². The van der Waals surface area contributed by atoms with E-state index in [9.17, 15) is 0 Å². The maximum Gasteiger partial charge on any atom is 0.122 e. The maximum absolute atomic E-state index is 5.49. The Morgan fingerprint density at radius 1 is 1.37 bits per heavy atom. The van der Waals surface area contributed by atoms with Gasteiger partial charge in [-0.3, -0.25) is 0 Å². The molecule has 2 atom stereocenters. The van der Waals surface area contributed by atoms with Gasteiger partial charge in [0.2, 0.25) is 0 Å². The van der Waals surface area contributed by atoms with Gasteiger partial charge >= 0.3 is 0 Å². The molecule has 0 aromatic heterocycles.